The summed E-state index contributed by atoms with van der Waals surface area (Å²) in [5, 5.41) is 3.60. The van der Waals surface area contributed by atoms with Crippen molar-refractivity contribution in [1.29, 1.82) is 0 Å². The standard InChI is InChI=1S/C17H15N3O2S/c1-11-15(23-17(19-11)13-8-5-6-10-18-13)16(21)20-12-7-3-4-9-14(12)22-2/h3-10H,1-2H3,(H,20,21). The highest BCUT2D eigenvalue weighted by Crippen LogP contribution is 2.29. The number of aryl methyl sites for hydroxylation is 1. The fourth-order valence-corrected chi connectivity index (χ4v) is 3.07. The van der Waals surface area contributed by atoms with E-state index in [1.165, 1.54) is 11.3 Å². The molecule has 23 heavy (non-hydrogen) atoms. The molecule has 1 aromatic carbocycles. The molecule has 0 fully saturated rings. The number of hydrogen-bond donors (Lipinski definition) is 1. The number of nitrogens with one attached hydrogen (secondary N) is 1. The Morgan fingerprint density at radius 3 is 2.70 bits per heavy atom. The zero-order valence-electron chi connectivity index (χ0n) is 12.7. The third-order valence-electron chi connectivity index (χ3n) is 3.24. The van der Waals surface area contributed by atoms with E-state index in [0.29, 0.717) is 22.0 Å². The van der Waals surface area contributed by atoms with Gasteiger partial charge in [0.15, 0.2) is 0 Å². The maximum absolute atomic E-state index is 12.5. The van der Waals surface area contributed by atoms with E-state index in [1.807, 2.05) is 37.3 Å². The Bertz CT molecular complexity index is 831. The molecule has 0 saturated heterocycles. The second kappa shape index (κ2) is 6.58. The molecule has 0 bridgehead atoms. The minimum atomic E-state index is -0.202. The Balaban J connectivity index is 1.87. The van der Waals surface area contributed by atoms with Gasteiger partial charge in [0.1, 0.15) is 15.6 Å². The maximum Gasteiger partial charge on any atom is 0.267 e. The highest BCUT2D eigenvalue weighted by molar-refractivity contribution is 7.17. The van der Waals surface area contributed by atoms with Crippen LogP contribution in [0.2, 0.25) is 0 Å². The molecule has 2 aromatic heterocycles. The van der Waals surface area contributed by atoms with Crippen LogP contribution in [-0.2, 0) is 0 Å². The van der Waals surface area contributed by atoms with E-state index in [1.54, 1.807) is 25.4 Å². The van der Waals surface area contributed by atoms with E-state index in [9.17, 15) is 4.79 Å². The molecule has 0 spiro atoms. The molecule has 0 unspecified atom stereocenters. The molecule has 0 aliphatic heterocycles. The summed E-state index contributed by atoms with van der Waals surface area (Å²) in [6.45, 7) is 1.82. The number of carbonyl (C=O) groups is 1. The van der Waals surface area contributed by atoms with Crippen LogP contribution in [0.4, 0.5) is 5.69 Å². The van der Waals surface area contributed by atoms with Gasteiger partial charge in [-0.25, -0.2) is 4.98 Å². The molecule has 2 heterocycles. The number of pyridine rings is 1. The summed E-state index contributed by atoms with van der Waals surface area (Å²) in [6.07, 6.45) is 1.71. The number of benzene rings is 1. The van der Waals surface area contributed by atoms with Gasteiger partial charge >= 0.3 is 0 Å². The summed E-state index contributed by atoms with van der Waals surface area (Å²) < 4.78 is 5.25. The molecule has 5 nitrogen and oxygen atoms in total. The van der Waals surface area contributed by atoms with Crippen molar-refractivity contribution in [3.05, 3.63) is 59.2 Å². The first-order chi connectivity index (χ1) is 11.2. The van der Waals surface area contributed by atoms with Gasteiger partial charge < -0.3 is 10.1 Å². The molecule has 1 amide bonds. The highest BCUT2D eigenvalue weighted by Gasteiger charge is 2.17. The van der Waals surface area contributed by atoms with Crippen molar-refractivity contribution >= 4 is 22.9 Å². The molecular formula is C17H15N3O2S. The van der Waals surface area contributed by atoms with Crippen LogP contribution in [0, 0.1) is 6.92 Å². The second-order valence-electron chi connectivity index (χ2n) is 4.80. The molecule has 6 heteroatoms. The van der Waals surface area contributed by atoms with Crippen molar-refractivity contribution in [2.24, 2.45) is 0 Å². The normalized spacial score (nSPS) is 10.3. The number of para-hydroxylation sites is 2. The third-order valence-corrected chi connectivity index (χ3v) is 4.42. The Labute approximate surface area is 138 Å². The van der Waals surface area contributed by atoms with Gasteiger partial charge in [-0.2, -0.15) is 0 Å². The number of methoxy groups -OCH3 is 1. The van der Waals surface area contributed by atoms with Crippen molar-refractivity contribution in [1.82, 2.24) is 9.97 Å². The van der Waals surface area contributed by atoms with Crippen LogP contribution in [0.1, 0.15) is 15.4 Å². The van der Waals surface area contributed by atoms with E-state index in [0.717, 1.165) is 10.7 Å². The maximum atomic E-state index is 12.5. The summed E-state index contributed by atoms with van der Waals surface area (Å²) in [7, 11) is 1.57. The van der Waals surface area contributed by atoms with Gasteiger partial charge in [-0.3, -0.25) is 9.78 Å². The van der Waals surface area contributed by atoms with Gasteiger partial charge in [-0.05, 0) is 31.2 Å². The van der Waals surface area contributed by atoms with E-state index in [2.05, 4.69) is 15.3 Å². The summed E-state index contributed by atoms with van der Waals surface area (Å²) in [6, 6.07) is 12.9. The van der Waals surface area contributed by atoms with Crippen LogP contribution < -0.4 is 10.1 Å². The average molecular weight is 325 g/mol. The fourth-order valence-electron chi connectivity index (χ4n) is 2.13. The summed E-state index contributed by atoms with van der Waals surface area (Å²) >= 11 is 1.33. The fraction of sp³-hybridized carbons (Fsp3) is 0.118. The molecule has 1 N–H and O–H groups in total. The van der Waals surface area contributed by atoms with Crippen molar-refractivity contribution in [2.45, 2.75) is 6.92 Å². The Morgan fingerprint density at radius 1 is 1.17 bits per heavy atom. The number of anilines is 1. The molecule has 0 aliphatic rings. The number of carbonyl (C=O) groups excluding carboxylic acids is 1. The summed E-state index contributed by atoms with van der Waals surface area (Å²) in [5.41, 5.74) is 2.08. The zero-order chi connectivity index (χ0) is 16.2. The molecule has 0 atom stereocenters. The predicted molar refractivity (Wildman–Crippen MR) is 91.0 cm³/mol. The molecule has 116 valence electrons. The number of hydrogen-bond acceptors (Lipinski definition) is 5. The lowest BCUT2D eigenvalue weighted by Gasteiger charge is -2.08. The number of aromatic nitrogens is 2. The lowest BCUT2D eigenvalue weighted by Crippen LogP contribution is -2.12. The summed E-state index contributed by atoms with van der Waals surface area (Å²) in [4.78, 5) is 21.8. The number of ether oxygens (including phenoxy) is 1. The second-order valence-corrected chi connectivity index (χ2v) is 5.80. The Kier molecular flexibility index (Phi) is 4.34. The smallest absolute Gasteiger partial charge is 0.267 e. The minimum Gasteiger partial charge on any atom is -0.495 e. The summed E-state index contributed by atoms with van der Waals surface area (Å²) in [5.74, 6) is 0.416. The Hall–Kier alpha value is -2.73. The number of nitrogens with zero attached hydrogens (tertiary/aromatic N) is 2. The van der Waals surface area contributed by atoms with E-state index >= 15 is 0 Å². The number of thiazole rings is 1. The zero-order valence-corrected chi connectivity index (χ0v) is 13.6. The van der Waals surface area contributed by atoms with Crippen molar-refractivity contribution in [2.75, 3.05) is 12.4 Å². The predicted octanol–water partition coefficient (Wildman–Crippen LogP) is 3.77. The lowest BCUT2D eigenvalue weighted by molar-refractivity contribution is 0.102. The van der Waals surface area contributed by atoms with Crippen LogP contribution in [0.3, 0.4) is 0 Å². The van der Waals surface area contributed by atoms with Crippen molar-refractivity contribution in [3.8, 4) is 16.5 Å². The van der Waals surface area contributed by atoms with Crippen LogP contribution in [-0.4, -0.2) is 23.0 Å². The SMILES string of the molecule is COc1ccccc1NC(=O)c1sc(-c2ccccn2)nc1C. The third kappa shape index (κ3) is 3.22. The van der Waals surface area contributed by atoms with E-state index in [-0.39, 0.29) is 5.91 Å². The molecule has 3 rings (SSSR count). The largest absolute Gasteiger partial charge is 0.495 e. The average Bonchev–Trinajstić information content (AvgIpc) is 2.98. The topological polar surface area (TPSA) is 64.1 Å². The van der Waals surface area contributed by atoms with E-state index in [4.69, 9.17) is 4.74 Å². The van der Waals surface area contributed by atoms with E-state index < -0.39 is 0 Å². The monoisotopic (exact) mass is 325 g/mol. The van der Waals surface area contributed by atoms with Gasteiger partial charge in [0.25, 0.3) is 5.91 Å². The quantitative estimate of drug-likeness (QED) is 0.793. The lowest BCUT2D eigenvalue weighted by atomic mass is 10.3. The van der Waals surface area contributed by atoms with Gasteiger partial charge in [0, 0.05) is 6.20 Å². The van der Waals surface area contributed by atoms with Crippen LogP contribution in [0.5, 0.6) is 5.75 Å². The number of amides is 1. The van der Waals surface area contributed by atoms with Gasteiger partial charge in [0.05, 0.1) is 24.2 Å². The molecule has 0 aliphatic carbocycles. The van der Waals surface area contributed by atoms with Gasteiger partial charge in [-0.1, -0.05) is 18.2 Å². The van der Waals surface area contributed by atoms with Crippen molar-refractivity contribution < 1.29 is 9.53 Å². The first kappa shape index (κ1) is 15.2. The number of rotatable bonds is 4. The van der Waals surface area contributed by atoms with Crippen LogP contribution in [0.25, 0.3) is 10.7 Å². The molecule has 0 saturated carbocycles. The molecule has 3 aromatic rings. The molecule has 0 radical (unpaired) electrons. The molecular weight excluding hydrogens is 310 g/mol. The van der Waals surface area contributed by atoms with Crippen LogP contribution >= 0.6 is 11.3 Å². The van der Waals surface area contributed by atoms with Crippen LogP contribution in [0.15, 0.2) is 48.7 Å². The minimum absolute atomic E-state index is 0.202. The van der Waals surface area contributed by atoms with Crippen molar-refractivity contribution in [3.63, 3.8) is 0 Å². The Morgan fingerprint density at radius 2 is 1.96 bits per heavy atom. The first-order valence-corrected chi connectivity index (χ1v) is 7.84. The first-order valence-electron chi connectivity index (χ1n) is 7.02. The highest BCUT2D eigenvalue weighted by atomic mass is 32.1. The van der Waals surface area contributed by atoms with Gasteiger partial charge in [-0.15, -0.1) is 11.3 Å². The van der Waals surface area contributed by atoms with Gasteiger partial charge in [0.2, 0.25) is 0 Å².